The molecule has 4 heterocycles. The Kier molecular flexibility index (Phi) is 7.61. The van der Waals surface area contributed by atoms with Gasteiger partial charge in [0.25, 0.3) is 5.78 Å². The van der Waals surface area contributed by atoms with Gasteiger partial charge in [-0.1, -0.05) is 84.1 Å². The summed E-state index contributed by atoms with van der Waals surface area (Å²) >= 11 is 8.71. The molecule has 0 aliphatic carbocycles. The number of hydrogen-bond donors (Lipinski definition) is 1. The number of Topliss-reactive ketones (excluding diaryl/α,β-unsaturated/α-hetero) is 1. The van der Waals surface area contributed by atoms with E-state index in [-0.39, 0.29) is 22.2 Å². The van der Waals surface area contributed by atoms with Gasteiger partial charge < -0.3 is 9.51 Å². The van der Waals surface area contributed by atoms with Crippen molar-refractivity contribution < 1.29 is 14.7 Å². The van der Waals surface area contributed by atoms with Crippen molar-refractivity contribution >= 4 is 62.9 Å². The van der Waals surface area contributed by atoms with Crippen molar-refractivity contribution in [3.05, 3.63) is 111 Å². The highest BCUT2D eigenvalue weighted by atomic mass is 35.5. The van der Waals surface area contributed by atoms with E-state index in [1.54, 1.807) is 0 Å². The Balaban J connectivity index is 1.43. The summed E-state index contributed by atoms with van der Waals surface area (Å²) in [7, 11) is 0. The Labute approximate surface area is 255 Å². The van der Waals surface area contributed by atoms with Gasteiger partial charge in [-0.2, -0.15) is 0 Å². The minimum Gasteiger partial charge on any atom is -0.505 e. The molecular weight excluding hydrogens is 590 g/mol. The van der Waals surface area contributed by atoms with Gasteiger partial charge in [-0.15, -0.1) is 10.2 Å². The molecule has 5 aromatic rings. The van der Waals surface area contributed by atoms with E-state index in [4.69, 9.17) is 11.6 Å². The van der Waals surface area contributed by atoms with Gasteiger partial charge in [0, 0.05) is 17.0 Å². The minimum absolute atomic E-state index is 0.0287. The average Bonchev–Trinajstić information content (AvgIpc) is 3.68. The lowest BCUT2D eigenvalue weighted by Crippen LogP contribution is -2.29. The topological polar surface area (TPSA) is 101 Å². The number of rotatable bonds is 7. The summed E-state index contributed by atoms with van der Waals surface area (Å²) in [6.07, 6.45) is 2.69. The molecule has 1 fully saturated rings. The van der Waals surface area contributed by atoms with Crippen molar-refractivity contribution in [3.63, 3.8) is 0 Å². The fourth-order valence-electron chi connectivity index (χ4n) is 5.04. The van der Waals surface area contributed by atoms with Crippen molar-refractivity contribution in [2.45, 2.75) is 43.3 Å². The number of fused-ring (bicyclic) bond motifs is 1. The van der Waals surface area contributed by atoms with Gasteiger partial charge in [0.05, 0.1) is 17.3 Å². The van der Waals surface area contributed by atoms with E-state index in [9.17, 15) is 14.7 Å². The van der Waals surface area contributed by atoms with Crippen LogP contribution in [0.1, 0.15) is 46.6 Å². The molecule has 1 unspecified atom stereocenters. The van der Waals surface area contributed by atoms with Gasteiger partial charge in [0.1, 0.15) is 11.3 Å². The third-order valence-electron chi connectivity index (χ3n) is 7.33. The maximum atomic E-state index is 13.6. The number of carbonyl (C=O) groups is 2. The van der Waals surface area contributed by atoms with Crippen LogP contribution in [0.15, 0.2) is 76.8 Å². The van der Waals surface area contributed by atoms with Gasteiger partial charge in [-0.05, 0) is 60.7 Å². The summed E-state index contributed by atoms with van der Waals surface area (Å²) < 4.78 is 2.51. The summed E-state index contributed by atoms with van der Waals surface area (Å²) in [6.45, 7) is 5.81. The molecule has 0 spiro atoms. The van der Waals surface area contributed by atoms with Crippen LogP contribution in [-0.2, 0) is 21.8 Å². The molecule has 212 valence electrons. The fourth-order valence-corrected chi connectivity index (χ4v) is 6.99. The van der Waals surface area contributed by atoms with Crippen LogP contribution in [-0.4, -0.2) is 36.4 Å². The number of amides is 1. The number of ketones is 1. The van der Waals surface area contributed by atoms with Crippen molar-refractivity contribution in [2.24, 2.45) is 0 Å². The Bertz CT molecular complexity index is 1860. The third kappa shape index (κ3) is 4.99. The standard InChI is InChI=1S/C31H26ClN5O3S2/c1-4-19-7-11-21(12-8-19)25-23(26(38)24-18(3)36-15-5-6-17(2)28(36)33-24)27(39)29(40)37(25)30-34-35-31(42-30)41-16-20-9-13-22(32)14-10-20/h5-15,25,38H,4,16H2,1-3H3/b26-23+. The molecule has 6 rings (SSSR count). The number of nitrogens with zero attached hydrogens (tertiary/aromatic N) is 5. The van der Waals surface area contributed by atoms with Gasteiger partial charge in [0.15, 0.2) is 10.1 Å². The highest BCUT2D eigenvalue weighted by Gasteiger charge is 2.48. The van der Waals surface area contributed by atoms with E-state index >= 15 is 0 Å². The van der Waals surface area contributed by atoms with Crippen LogP contribution in [0.5, 0.6) is 0 Å². The SMILES string of the molecule is CCc1ccc(C2/C(=C(\O)c3nc4c(C)cccn4c3C)C(=O)C(=O)N2c2nnc(SCc3ccc(Cl)cc3)s2)cc1. The fraction of sp³-hybridized carbons (Fsp3) is 0.194. The number of imidazole rings is 1. The number of aliphatic hydroxyl groups excluding tert-OH is 1. The lowest BCUT2D eigenvalue weighted by molar-refractivity contribution is -0.132. The number of anilines is 1. The third-order valence-corrected chi connectivity index (χ3v) is 9.71. The molecule has 3 aromatic heterocycles. The number of benzene rings is 2. The number of carbonyl (C=O) groups excluding carboxylic acids is 2. The first-order valence-electron chi connectivity index (χ1n) is 13.3. The first kappa shape index (κ1) is 28.1. The van der Waals surface area contributed by atoms with Gasteiger partial charge >= 0.3 is 5.91 Å². The molecule has 0 radical (unpaired) electrons. The number of aryl methyl sites for hydroxylation is 3. The zero-order valence-corrected chi connectivity index (χ0v) is 25.4. The first-order valence-corrected chi connectivity index (χ1v) is 15.5. The second-order valence-electron chi connectivity index (χ2n) is 9.96. The Morgan fingerprint density at radius 1 is 1.02 bits per heavy atom. The van der Waals surface area contributed by atoms with E-state index in [1.807, 2.05) is 85.1 Å². The van der Waals surface area contributed by atoms with E-state index in [2.05, 4.69) is 22.1 Å². The molecule has 2 aromatic carbocycles. The second-order valence-corrected chi connectivity index (χ2v) is 12.6. The average molecular weight is 616 g/mol. The van der Waals surface area contributed by atoms with Crippen LogP contribution in [0.2, 0.25) is 5.02 Å². The minimum atomic E-state index is -0.900. The Hall–Kier alpha value is -3.99. The van der Waals surface area contributed by atoms with Crippen LogP contribution in [0.25, 0.3) is 11.4 Å². The molecule has 8 nitrogen and oxygen atoms in total. The van der Waals surface area contributed by atoms with Crippen LogP contribution in [0.4, 0.5) is 5.13 Å². The summed E-state index contributed by atoms with van der Waals surface area (Å²) in [5, 5.41) is 21.2. The summed E-state index contributed by atoms with van der Waals surface area (Å²) in [6, 6.07) is 18.2. The number of aliphatic hydroxyl groups is 1. The quantitative estimate of drug-likeness (QED) is 0.0696. The van der Waals surface area contributed by atoms with Crippen molar-refractivity contribution in [1.82, 2.24) is 19.6 Å². The van der Waals surface area contributed by atoms with Crippen molar-refractivity contribution in [1.29, 1.82) is 0 Å². The van der Waals surface area contributed by atoms with Crippen LogP contribution >= 0.6 is 34.7 Å². The smallest absolute Gasteiger partial charge is 0.301 e. The van der Waals surface area contributed by atoms with Gasteiger partial charge in [-0.25, -0.2) is 4.98 Å². The van der Waals surface area contributed by atoms with E-state index in [1.165, 1.54) is 28.0 Å². The normalized spacial score (nSPS) is 16.6. The largest absolute Gasteiger partial charge is 0.505 e. The molecule has 1 aliphatic heterocycles. The summed E-state index contributed by atoms with van der Waals surface area (Å²) in [5.74, 6) is -1.25. The molecule has 1 aliphatic rings. The number of halogens is 1. The molecule has 42 heavy (non-hydrogen) atoms. The van der Waals surface area contributed by atoms with E-state index in [0.29, 0.717) is 32.0 Å². The van der Waals surface area contributed by atoms with E-state index < -0.39 is 17.7 Å². The highest BCUT2D eigenvalue weighted by Crippen LogP contribution is 2.44. The Morgan fingerprint density at radius 2 is 1.74 bits per heavy atom. The van der Waals surface area contributed by atoms with E-state index in [0.717, 1.165) is 23.1 Å². The first-order chi connectivity index (χ1) is 20.3. The summed E-state index contributed by atoms with van der Waals surface area (Å²) in [4.78, 5) is 33.3. The number of aromatic nitrogens is 4. The van der Waals surface area contributed by atoms with Gasteiger partial charge in [0.2, 0.25) is 5.13 Å². The lowest BCUT2D eigenvalue weighted by Gasteiger charge is -2.22. The zero-order valence-electron chi connectivity index (χ0n) is 23.0. The molecule has 1 amide bonds. The maximum Gasteiger partial charge on any atom is 0.301 e. The maximum absolute atomic E-state index is 13.6. The molecule has 11 heteroatoms. The van der Waals surface area contributed by atoms with Crippen LogP contribution in [0.3, 0.4) is 0 Å². The highest BCUT2D eigenvalue weighted by molar-refractivity contribution is 8.00. The number of pyridine rings is 1. The number of thioether (sulfide) groups is 1. The van der Waals surface area contributed by atoms with Crippen molar-refractivity contribution in [2.75, 3.05) is 4.90 Å². The van der Waals surface area contributed by atoms with Gasteiger partial charge in [-0.3, -0.25) is 14.5 Å². The number of hydrogen-bond acceptors (Lipinski definition) is 8. The lowest BCUT2D eigenvalue weighted by atomic mass is 9.95. The van der Waals surface area contributed by atoms with Crippen LogP contribution in [0, 0.1) is 13.8 Å². The molecule has 1 saturated heterocycles. The monoisotopic (exact) mass is 615 g/mol. The molecule has 1 atom stereocenters. The molecule has 0 bridgehead atoms. The summed E-state index contributed by atoms with van der Waals surface area (Å²) in [5.41, 5.74) is 5.33. The van der Waals surface area contributed by atoms with Crippen molar-refractivity contribution in [3.8, 4) is 0 Å². The Morgan fingerprint density at radius 3 is 2.43 bits per heavy atom. The van der Waals surface area contributed by atoms with Crippen LogP contribution < -0.4 is 4.90 Å². The molecule has 0 saturated carbocycles. The molecule has 1 N–H and O–H groups in total. The second kappa shape index (κ2) is 11.4. The zero-order chi connectivity index (χ0) is 29.5. The predicted octanol–water partition coefficient (Wildman–Crippen LogP) is 6.94. The predicted molar refractivity (Wildman–Crippen MR) is 166 cm³/mol. The molecular formula is C31H26ClN5O3S2.